The molecule has 229 valence electrons. The fraction of sp³-hybridized carbons (Fsp3) is 0.219. The van der Waals surface area contributed by atoms with Gasteiger partial charge in [-0.25, -0.2) is 0 Å². The third kappa shape index (κ3) is 14.2. The number of allylic oxidation sites excluding steroid dienone is 3. The minimum absolute atomic E-state index is 0. The van der Waals surface area contributed by atoms with Crippen molar-refractivity contribution in [3.05, 3.63) is 122 Å². The van der Waals surface area contributed by atoms with Crippen LogP contribution in [0.3, 0.4) is 0 Å². The molecule has 0 amide bonds. The summed E-state index contributed by atoms with van der Waals surface area (Å²) < 4.78 is 42.3. The number of hydrogen-bond donors (Lipinski definition) is 0. The molecule has 1 unspecified atom stereocenters. The zero-order chi connectivity index (χ0) is 31.9. The maximum absolute atomic E-state index is 11.6. The Morgan fingerprint density at radius 2 is 1.30 bits per heavy atom. The molecule has 12 heteroatoms. The van der Waals surface area contributed by atoms with E-state index >= 15 is 0 Å². The quantitative estimate of drug-likeness (QED) is 0.0721. The largest absolute Gasteiger partial charge is 0.530 e. The Morgan fingerprint density at radius 3 is 1.61 bits per heavy atom. The molecular formula is C32H32MnN2O8P+. The van der Waals surface area contributed by atoms with Crippen LogP contribution in [0.2, 0.25) is 0 Å². The first kappa shape index (κ1) is 39.7. The van der Waals surface area contributed by atoms with E-state index in [9.17, 15) is 4.79 Å². The Balaban J connectivity index is 0.000000760. The van der Waals surface area contributed by atoms with E-state index in [2.05, 4.69) is 6.65 Å². The molecule has 3 atom stereocenters. The summed E-state index contributed by atoms with van der Waals surface area (Å²) in [4.78, 5) is 11.6. The van der Waals surface area contributed by atoms with Crippen molar-refractivity contribution in [2.75, 3.05) is 13.7 Å². The Bertz CT molecular complexity index is 1240. The minimum Gasteiger partial charge on any atom is -0.409 e. The van der Waals surface area contributed by atoms with Gasteiger partial charge in [0.2, 0.25) is 0 Å². The molecule has 1 radical (unpaired) electrons. The summed E-state index contributed by atoms with van der Waals surface area (Å²) in [5.74, 6) is 1.60. The smallest absolute Gasteiger partial charge is 0.409 e. The Morgan fingerprint density at radius 1 is 0.886 bits per heavy atom. The van der Waals surface area contributed by atoms with Crippen LogP contribution in [0.1, 0.15) is 13.8 Å². The van der Waals surface area contributed by atoms with Crippen molar-refractivity contribution < 1.29 is 54.3 Å². The zero-order valence-electron chi connectivity index (χ0n) is 24.3. The second-order valence-electron chi connectivity index (χ2n) is 8.36. The van der Waals surface area contributed by atoms with Crippen LogP contribution in [0.5, 0.6) is 17.2 Å². The second kappa shape index (κ2) is 24.1. The van der Waals surface area contributed by atoms with Gasteiger partial charge >= 0.3 is 36.1 Å². The molecule has 0 saturated carbocycles. The summed E-state index contributed by atoms with van der Waals surface area (Å²) in [5, 5.41) is 9.08. The van der Waals surface area contributed by atoms with E-state index in [0.717, 1.165) is 5.76 Å². The molecule has 10 nitrogen and oxygen atoms in total. The van der Waals surface area contributed by atoms with Crippen molar-refractivity contribution in [3.63, 3.8) is 0 Å². The van der Waals surface area contributed by atoms with Crippen molar-refractivity contribution in [2.24, 2.45) is 17.8 Å². The van der Waals surface area contributed by atoms with E-state index in [-0.39, 0.29) is 28.9 Å². The summed E-state index contributed by atoms with van der Waals surface area (Å²) in [6, 6.07) is 30.5. The van der Waals surface area contributed by atoms with Gasteiger partial charge in [0.15, 0.2) is 5.92 Å². The van der Waals surface area contributed by atoms with E-state index < -0.39 is 20.5 Å². The number of benzene rings is 3. The third-order valence-corrected chi connectivity index (χ3v) is 6.67. The van der Waals surface area contributed by atoms with Gasteiger partial charge in [0.1, 0.15) is 23.0 Å². The summed E-state index contributed by atoms with van der Waals surface area (Å²) >= 11 is 0. The van der Waals surface area contributed by atoms with Gasteiger partial charge in [-0.3, -0.25) is 4.79 Å². The average molecular weight is 659 g/mol. The molecule has 0 aliphatic heterocycles. The molecule has 0 aromatic heterocycles. The van der Waals surface area contributed by atoms with Gasteiger partial charge in [0.05, 0.1) is 19.8 Å². The standard InChI is InChI=1S/C18H15O3P.C13H17NO3.CO.Mn.NO/c1-4-10-16(11-5-1)19-22(20-17-12-6-2-7-13-17)21-18-14-8-3-9-15-18;1-4-17-13(15)12(8-14)11-6-5-10(16-3)7-9(11)2;1-2;;1-2/h1-15H;5-7,9,11-12H,4H2,1-3H3;;;/q;;;;+1/t;9-,11+,12?;;;/m.1.../s1. The normalized spacial score (nSPS) is 14.7. The topological polar surface area (TPSA) is 151 Å². The van der Waals surface area contributed by atoms with E-state index in [1.54, 1.807) is 20.1 Å². The van der Waals surface area contributed by atoms with Crippen LogP contribution in [0.4, 0.5) is 0 Å². The predicted molar refractivity (Wildman–Crippen MR) is 157 cm³/mol. The number of methoxy groups -OCH3 is 1. The maximum Gasteiger partial charge on any atom is 0.530 e. The first-order valence-corrected chi connectivity index (χ1v) is 14.0. The van der Waals surface area contributed by atoms with Gasteiger partial charge in [-0.2, -0.15) is 5.26 Å². The molecule has 0 fully saturated rings. The summed E-state index contributed by atoms with van der Waals surface area (Å²) in [7, 11) is 0.00409. The molecule has 0 bridgehead atoms. The number of rotatable bonds is 10. The van der Waals surface area contributed by atoms with Crippen LogP contribution >= 0.6 is 8.60 Å². The van der Waals surface area contributed by atoms with Crippen LogP contribution in [0.25, 0.3) is 0 Å². The molecule has 0 N–H and O–H groups in total. The van der Waals surface area contributed by atoms with Crippen molar-refractivity contribution in [1.29, 1.82) is 10.7 Å². The van der Waals surface area contributed by atoms with Gasteiger partial charge in [-0.1, -0.05) is 67.6 Å². The van der Waals surface area contributed by atoms with Crippen LogP contribution in [0, 0.1) is 41.2 Å². The number of carbonyl (C=O) groups excluding carboxylic acids is 1. The van der Waals surface area contributed by atoms with Crippen LogP contribution in [-0.4, -0.2) is 19.7 Å². The number of nitriles is 1. The Kier molecular flexibility index (Phi) is 21.8. The van der Waals surface area contributed by atoms with Crippen LogP contribution in [-0.2, 0) is 40.8 Å². The SMILES string of the molecule is CCOC(=O)C(C#N)[C@H]1C=CC(OC)=C[C@H]1C.N#[O+].[C-]#[O+].[Mn].c1ccc(OP(Oc2ccccc2)Oc2ccccc2)cc1. The van der Waals surface area contributed by atoms with E-state index in [4.69, 9.17) is 43.2 Å². The summed E-state index contributed by atoms with van der Waals surface area (Å²) in [6.45, 7) is 8.48. The summed E-state index contributed by atoms with van der Waals surface area (Å²) in [5.41, 5.74) is 5.75. The molecular weight excluding hydrogens is 626 g/mol. The van der Waals surface area contributed by atoms with Gasteiger partial charge < -0.3 is 23.0 Å². The number of hydrogen-bond acceptors (Lipinski definition) is 8. The molecule has 1 aliphatic carbocycles. The maximum atomic E-state index is 11.6. The van der Waals surface area contributed by atoms with Crippen LogP contribution < -0.4 is 13.6 Å². The molecule has 3 aromatic carbocycles. The molecule has 1 aliphatic rings. The number of ether oxygens (including phenoxy) is 2. The predicted octanol–water partition coefficient (Wildman–Crippen LogP) is 7.35. The van der Waals surface area contributed by atoms with Crippen molar-refractivity contribution in [2.45, 2.75) is 13.8 Å². The molecule has 4 rings (SSSR count). The van der Waals surface area contributed by atoms with Gasteiger partial charge in [0.25, 0.3) is 0 Å². The number of esters is 1. The molecule has 0 spiro atoms. The van der Waals surface area contributed by atoms with E-state index in [1.807, 2.05) is 116 Å². The second-order valence-corrected chi connectivity index (χ2v) is 9.36. The minimum atomic E-state index is -1.59. The van der Waals surface area contributed by atoms with Crippen LogP contribution in [0.15, 0.2) is 115 Å². The van der Waals surface area contributed by atoms with Crippen molar-refractivity contribution in [1.82, 2.24) is 0 Å². The van der Waals surface area contributed by atoms with Gasteiger partial charge in [-0.05, 0) is 61.4 Å². The van der Waals surface area contributed by atoms with E-state index in [1.165, 1.54) is 0 Å². The molecule has 0 saturated heterocycles. The van der Waals surface area contributed by atoms with Gasteiger partial charge in [0, 0.05) is 23.0 Å². The first-order valence-electron chi connectivity index (χ1n) is 12.9. The number of nitrogens with zero attached hydrogens (tertiary/aromatic N) is 2. The molecule has 3 aromatic rings. The number of para-hydroxylation sites is 3. The fourth-order valence-corrected chi connectivity index (χ4v) is 4.64. The first-order chi connectivity index (χ1) is 21.0. The monoisotopic (exact) mass is 658 g/mol. The Labute approximate surface area is 269 Å². The molecule has 0 heterocycles. The third-order valence-electron chi connectivity index (χ3n) is 5.59. The van der Waals surface area contributed by atoms with E-state index in [0.29, 0.717) is 23.9 Å². The average Bonchev–Trinajstić information content (AvgIpc) is 3.06. The summed E-state index contributed by atoms with van der Waals surface area (Å²) in [6.07, 6.45) is 5.54. The zero-order valence-corrected chi connectivity index (χ0v) is 26.4. The fourth-order valence-electron chi connectivity index (χ4n) is 3.64. The number of carbonyl (C=O) groups is 1. The molecule has 44 heavy (non-hydrogen) atoms. The van der Waals surface area contributed by atoms with Crippen molar-refractivity contribution >= 4 is 14.6 Å². The van der Waals surface area contributed by atoms with Crippen molar-refractivity contribution in [3.8, 4) is 23.3 Å². The Hall–Kier alpha value is -4.34. The van der Waals surface area contributed by atoms with Gasteiger partial charge in [-0.15, -0.1) is 0 Å².